The Morgan fingerprint density at radius 2 is 1.62 bits per heavy atom. The average Bonchev–Trinajstić information content (AvgIpc) is 2.79. The summed E-state index contributed by atoms with van der Waals surface area (Å²) in [7, 11) is 0. The van der Waals surface area contributed by atoms with Crippen LogP contribution in [0.2, 0.25) is 0 Å². The predicted molar refractivity (Wildman–Crippen MR) is 110 cm³/mol. The van der Waals surface area contributed by atoms with Crippen LogP contribution >= 0.6 is 0 Å². The van der Waals surface area contributed by atoms with E-state index in [-0.39, 0.29) is 18.5 Å². The molecule has 1 aliphatic rings. The third kappa shape index (κ3) is 5.22. The summed E-state index contributed by atoms with van der Waals surface area (Å²) in [6, 6.07) is 18.4. The topological polar surface area (TPSA) is 87.7 Å². The highest BCUT2D eigenvalue weighted by Gasteiger charge is 2.39. The van der Waals surface area contributed by atoms with Crippen LogP contribution in [0.25, 0.3) is 0 Å². The van der Waals surface area contributed by atoms with E-state index in [1.807, 2.05) is 67.6 Å². The number of carbonyl (C=O) groups excluding carboxylic acids is 2. The van der Waals surface area contributed by atoms with Crippen molar-refractivity contribution in [3.05, 3.63) is 71.8 Å². The van der Waals surface area contributed by atoms with Gasteiger partial charge in [0.2, 0.25) is 0 Å². The van der Waals surface area contributed by atoms with E-state index in [1.54, 1.807) is 0 Å². The molecule has 6 nitrogen and oxygen atoms in total. The average molecular weight is 396 g/mol. The van der Waals surface area contributed by atoms with E-state index in [0.717, 1.165) is 11.1 Å². The quantitative estimate of drug-likeness (QED) is 0.654. The van der Waals surface area contributed by atoms with Gasteiger partial charge in [0.1, 0.15) is 5.60 Å². The molecule has 1 fully saturated rings. The van der Waals surface area contributed by atoms with E-state index in [0.29, 0.717) is 26.1 Å². The van der Waals surface area contributed by atoms with E-state index >= 15 is 0 Å². The van der Waals surface area contributed by atoms with Gasteiger partial charge in [-0.2, -0.15) is 0 Å². The molecule has 6 heteroatoms. The van der Waals surface area contributed by atoms with Crippen molar-refractivity contribution in [3.8, 4) is 0 Å². The van der Waals surface area contributed by atoms with E-state index < -0.39 is 17.4 Å². The molecule has 2 atom stereocenters. The van der Waals surface area contributed by atoms with Crippen LogP contribution in [-0.4, -0.2) is 36.7 Å². The maximum absolute atomic E-state index is 12.4. The number of amides is 2. The Labute approximate surface area is 171 Å². The fraction of sp³-hybridized carbons (Fsp3) is 0.391. The van der Waals surface area contributed by atoms with Crippen LogP contribution in [0, 0.1) is 5.92 Å². The van der Waals surface area contributed by atoms with Crippen LogP contribution < -0.4 is 10.6 Å². The second kappa shape index (κ2) is 9.67. The molecular formula is C23H28N2O4. The minimum absolute atomic E-state index is 0.0341. The molecule has 154 valence electrons. The zero-order chi connectivity index (χ0) is 20.7. The highest BCUT2D eigenvalue weighted by molar-refractivity contribution is 6.35. The van der Waals surface area contributed by atoms with Gasteiger partial charge in [-0.3, -0.25) is 9.59 Å². The smallest absolute Gasteiger partial charge is 0.309 e. The number of aliphatic hydroxyl groups is 1. The van der Waals surface area contributed by atoms with Gasteiger partial charge in [0.05, 0.1) is 12.6 Å². The Hall–Kier alpha value is -2.70. The van der Waals surface area contributed by atoms with Crippen molar-refractivity contribution in [2.24, 2.45) is 5.92 Å². The van der Waals surface area contributed by atoms with E-state index in [4.69, 9.17) is 4.74 Å². The summed E-state index contributed by atoms with van der Waals surface area (Å²) in [5.74, 6) is -1.54. The Balaban J connectivity index is 1.65. The Morgan fingerprint density at radius 1 is 1.03 bits per heavy atom. The van der Waals surface area contributed by atoms with Crippen LogP contribution in [-0.2, 0) is 19.9 Å². The van der Waals surface area contributed by atoms with Crippen LogP contribution in [0.3, 0.4) is 0 Å². The highest BCUT2D eigenvalue weighted by atomic mass is 16.5. The molecule has 0 aromatic heterocycles. The third-order valence-corrected chi connectivity index (χ3v) is 5.54. The van der Waals surface area contributed by atoms with Gasteiger partial charge in [-0.15, -0.1) is 0 Å². The van der Waals surface area contributed by atoms with Crippen molar-refractivity contribution >= 4 is 11.8 Å². The summed E-state index contributed by atoms with van der Waals surface area (Å²) >= 11 is 0. The summed E-state index contributed by atoms with van der Waals surface area (Å²) in [5, 5.41) is 16.8. The number of hydrogen-bond acceptors (Lipinski definition) is 4. The van der Waals surface area contributed by atoms with Crippen molar-refractivity contribution in [2.75, 3.05) is 19.8 Å². The molecule has 0 radical (unpaired) electrons. The first-order valence-electron chi connectivity index (χ1n) is 10.00. The molecule has 2 aromatic rings. The van der Waals surface area contributed by atoms with Crippen LogP contribution in [0.4, 0.5) is 0 Å². The van der Waals surface area contributed by atoms with E-state index in [2.05, 4.69) is 10.6 Å². The Kier molecular flexibility index (Phi) is 7.01. The Morgan fingerprint density at radius 3 is 2.24 bits per heavy atom. The number of rotatable bonds is 6. The zero-order valence-electron chi connectivity index (χ0n) is 16.6. The lowest BCUT2D eigenvalue weighted by Gasteiger charge is -2.39. The number of hydrogen-bond donors (Lipinski definition) is 3. The van der Waals surface area contributed by atoms with Gasteiger partial charge in [0.25, 0.3) is 0 Å². The number of carbonyl (C=O) groups is 2. The summed E-state index contributed by atoms with van der Waals surface area (Å²) in [6.07, 6.45) is 1.39. The minimum Gasteiger partial charge on any atom is -0.383 e. The van der Waals surface area contributed by atoms with Crippen LogP contribution in [0.5, 0.6) is 0 Å². The van der Waals surface area contributed by atoms with Gasteiger partial charge in [0, 0.05) is 13.2 Å². The molecule has 29 heavy (non-hydrogen) atoms. The Bertz CT molecular complexity index is 806. The van der Waals surface area contributed by atoms with E-state index in [9.17, 15) is 14.7 Å². The highest BCUT2D eigenvalue weighted by Crippen LogP contribution is 2.35. The lowest BCUT2D eigenvalue weighted by molar-refractivity contribution is -0.141. The first-order valence-corrected chi connectivity index (χ1v) is 10.00. The van der Waals surface area contributed by atoms with Gasteiger partial charge in [0.15, 0.2) is 0 Å². The fourth-order valence-electron chi connectivity index (χ4n) is 3.77. The summed E-state index contributed by atoms with van der Waals surface area (Å²) in [5.41, 5.74) is 0.383. The molecule has 0 aliphatic carbocycles. The monoisotopic (exact) mass is 396 g/mol. The number of nitrogens with one attached hydrogen (secondary N) is 2. The van der Waals surface area contributed by atoms with Gasteiger partial charge in [-0.1, -0.05) is 60.7 Å². The van der Waals surface area contributed by atoms with Crippen molar-refractivity contribution < 1.29 is 19.4 Å². The molecule has 1 aliphatic heterocycles. The lowest BCUT2D eigenvalue weighted by atomic mass is 9.77. The molecule has 1 heterocycles. The summed E-state index contributed by atoms with van der Waals surface area (Å²) < 4.78 is 5.42. The first-order chi connectivity index (χ1) is 14.0. The standard InChI is InChI=1S/C23H28N2O4/c1-17(18-8-4-2-5-9-18)25-22(27)21(26)24-16-23(28,19-10-6-3-7-11-19)20-12-14-29-15-13-20/h2-11,17,20,28H,12-16H2,1H3,(H,24,26)(H,25,27)/t17-,23-/m1/s1. The van der Waals surface area contributed by atoms with Gasteiger partial charge >= 0.3 is 11.8 Å². The molecule has 0 saturated carbocycles. The van der Waals surface area contributed by atoms with Crippen molar-refractivity contribution in [2.45, 2.75) is 31.4 Å². The molecule has 0 bridgehead atoms. The first kappa shape index (κ1) is 21.0. The molecule has 1 saturated heterocycles. The second-order valence-electron chi connectivity index (χ2n) is 7.47. The lowest BCUT2D eigenvalue weighted by Crippen LogP contribution is -2.50. The molecule has 3 N–H and O–H groups in total. The molecule has 3 rings (SSSR count). The predicted octanol–water partition coefficient (Wildman–Crippen LogP) is 2.29. The molecule has 0 spiro atoms. The SMILES string of the molecule is C[C@@H](NC(=O)C(=O)NC[C@@](O)(c1ccccc1)C1CCOCC1)c1ccccc1. The minimum atomic E-state index is -1.26. The number of ether oxygens (including phenoxy) is 1. The second-order valence-corrected chi connectivity index (χ2v) is 7.47. The third-order valence-electron chi connectivity index (χ3n) is 5.54. The zero-order valence-corrected chi connectivity index (χ0v) is 16.6. The number of benzene rings is 2. The van der Waals surface area contributed by atoms with E-state index in [1.165, 1.54) is 0 Å². The molecule has 2 amide bonds. The maximum atomic E-state index is 12.4. The van der Waals surface area contributed by atoms with Crippen molar-refractivity contribution in [1.29, 1.82) is 0 Å². The molecule has 0 unspecified atom stereocenters. The van der Waals surface area contributed by atoms with Gasteiger partial charge in [-0.05, 0) is 36.8 Å². The summed E-state index contributed by atoms with van der Waals surface area (Å²) in [4.78, 5) is 24.7. The summed E-state index contributed by atoms with van der Waals surface area (Å²) in [6.45, 7) is 2.93. The molecular weight excluding hydrogens is 368 g/mol. The normalized spacial score (nSPS) is 17.7. The fourth-order valence-corrected chi connectivity index (χ4v) is 3.77. The van der Waals surface area contributed by atoms with Gasteiger partial charge < -0.3 is 20.5 Å². The van der Waals surface area contributed by atoms with Crippen LogP contribution in [0.15, 0.2) is 60.7 Å². The van der Waals surface area contributed by atoms with Crippen molar-refractivity contribution in [1.82, 2.24) is 10.6 Å². The molecule has 2 aromatic carbocycles. The van der Waals surface area contributed by atoms with Crippen molar-refractivity contribution in [3.63, 3.8) is 0 Å². The van der Waals surface area contributed by atoms with Gasteiger partial charge in [-0.25, -0.2) is 0 Å². The largest absolute Gasteiger partial charge is 0.383 e. The maximum Gasteiger partial charge on any atom is 0.309 e. The van der Waals surface area contributed by atoms with Crippen LogP contribution in [0.1, 0.15) is 36.9 Å².